The van der Waals surface area contributed by atoms with Crippen molar-refractivity contribution in [3.63, 3.8) is 0 Å². The van der Waals surface area contributed by atoms with Gasteiger partial charge in [0.2, 0.25) is 0 Å². The Hall–Kier alpha value is -1.63. The Kier molecular flexibility index (Phi) is 5.15. The topological polar surface area (TPSA) is 37.3 Å². The molecule has 0 amide bonds. The number of rotatable bonds is 5. The van der Waals surface area contributed by atoms with Crippen LogP contribution in [0.2, 0.25) is 0 Å². The van der Waals surface area contributed by atoms with Crippen molar-refractivity contribution < 1.29 is 9.67 Å². The van der Waals surface area contributed by atoms with Gasteiger partial charge in [0.05, 0.1) is 6.10 Å². The molecule has 120 valence electrons. The molecule has 0 aliphatic heterocycles. The summed E-state index contributed by atoms with van der Waals surface area (Å²) < 4.78 is 13.7. The molecular formula is C20H23O2P. The van der Waals surface area contributed by atoms with Crippen LogP contribution in [0, 0.1) is 5.92 Å². The highest BCUT2D eigenvalue weighted by Crippen LogP contribution is 2.45. The largest absolute Gasteiger partial charge is 0.393 e. The van der Waals surface area contributed by atoms with E-state index in [1.165, 1.54) is 0 Å². The van der Waals surface area contributed by atoms with E-state index >= 15 is 0 Å². The van der Waals surface area contributed by atoms with Gasteiger partial charge in [-0.05, 0) is 31.0 Å². The van der Waals surface area contributed by atoms with E-state index in [2.05, 4.69) is 0 Å². The van der Waals surface area contributed by atoms with Crippen LogP contribution in [0.4, 0.5) is 0 Å². The van der Waals surface area contributed by atoms with Crippen molar-refractivity contribution >= 4 is 17.8 Å². The molecule has 1 fully saturated rings. The van der Waals surface area contributed by atoms with Crippen molar-refractivity contribution in [3.8, 4) is 0 Å². The van der Waals surface area contributed by atoms with Gasteiger partial charge in [-0.2, -0.15) is 0 Å². The predicted molar refractivity (Wildman–Crippen MR) is 96.9 cm³/mol. The SMILES string of the molecule is O=P(/C=C/CC1CCCC1O)(c1ccccc1)c1ccccc1. The molecular weight excluding hydrogens is 303 g/mol. The lowest BCUT2D eigenvalue weighted by atomic mass is 10.0. The summed E-state index contributed by atoms with van der Waals surface area (Å²) in [5.41, 5.74) is 0. The molecule has 0 aromatic heterocycles. The molecule has 2 aromatic rings. The molecule has 3 heteroatoms. The zero-order valence-electron chi connectivity index (χ0n) is 13.2. The van der Waals surface area contributed by atoms with Crippen LogP contribution in [0.5, 0.6) is 0 Å². The van der Waals surface area contributed by atoms with Crippen LogP contribution < -0.4 is 10.6 Å². The Labute approximate surface area is 138 Å². The first-order valence-corrected chi connectivity index (χ1v) is 10.0. The average molecular weight is 326 g/mol. The summed E-state index contributed by atoms with van der Waals surface area (Å²) in [6.45, 7) is 0. The molecule has 1 saturated carbocycles. The highest BCUT2D eigenvalue weighted by atomic mass is 31.2. The minimum atomic E-state index is -2.76. The van der Waals surface area contributed by atoms with Crippen LogP contribution in [0.15, 0.2) is 72.6 Å². The maximum absolute atomic E-state index is 13.7. The van der Waals surface area contributed by atoms with E-state index < -0.39 is 7.14 Å². The van der Waals surface area contributed by atoms with Gasteiger partial charge in [0.15, 0.2) is 7.14 Å². The van der Waals surface area contributed by atoms with Crippen LogP contribution in [-0.2, 0) is 4.57 Å². The number of hydrogen-bond donors (Lipinski definition) is 1. The van der Waals surface area contributed by atoms with Gasteiger partial charge in [0.1, 0.15) is 0 Å². The molecule has 0 spiro atoms. The number of hydrogen-bond acceptors (Lipinski definition) is 2. The highest BCUT2D eigenvalue weighted by Gasteiger charge is 2.26. The average Bonchev–Trinajstić information content (AvgIpc) is 3.01. The van der Waals surface area contributed by atoms with Crippen LogP contribution in [0.1, 0.15) is 25.7 Å². The molecule has 23 heavy (non-hydrogen) atoms. The first-order chi connectivity index (χ1) is 11.2. The van der Waals surface area contributed by atoms with E-state index in [0.717, 1.165) is 36.3 Å². The molecule has 2 atom stereocenters. The normalized spacial score (nSPS) is 21.8. The molecule has 0 saturated heterocycles. The highest BCUT2D eigenvalue weighted by molar-refractivity contribution is 7.81. The third-order valence-electron chi connectivity index (χ3n) is 4.65. The second-order valence-electron chi connectivity index (χ2n) is 6.21. The first-order valence-electron chi connectivity index (χ1n) is 8.27. The quantitative estimate of drug-likeness (QED) is 0.841. The molecule has 3 rings (SSSR count). The van der Waals surface area contributed by atoms with E-state index in [0.29, 0.717) is 5.92 Å². The van der Waals surface area contributed by atoms with Gasteiger partial charge in [-0.15, -0.1) is 0 Å². The van der Waals surface area contributed by atoms with Crippen molar-refractivity contribution in [3.05, 3.63) is 72.6 Å². The van der Waals surface area contributed by atoms with Gasteiger partial charge >= 0.3 is 0 Å². The smallest absolute Gasteiger partial charge is 0.163 e. The maximum atomic E-state index is 13.7. The molecule has 2 nitrogen and oxygen atoms in total. The second kappa shape index (κ2) is 7.29. The molecule has 2 unspecified atom stereocenters. The third kappa shape index (κ3) is 3.65. The van der Waals surface area contributed by atoms with Gasteiger partial charge in [0, 0.05) is 10.6 Å². The summed E-state index contributed by atoms with van der Waals surface area (Å²) in [6, 6.07) is 19.3. The third-order valence-corrected chi connectivity index (χ3v) is 7.41. The Morgan fingerprint density at radius 1 is 0.957 bits per heavy atom. The van der Waals surface area contributed by atoms with Crippen molar-refractivity contribution in [1.82, 2.24) is 0 Å². The number of benzene rings is 2. The summed E-state index contributed by atoms with van der Waals surface area (Å²) >= 11 is 0. The lowest BCUT2D eigenvalue weighted by molar-refractivity contribution is 0.134. The van der Waals surface area contributed by atoms with Gasteiger partial charge in [-0.3, -0.25) is 0 Å². The number of allylic oxidation sites excluding steroid dienone is 1. The Balaban J connectivity index is 1.89. The van der Waals surface area contributed by atoms with E-state index in [9.17, 15) is 9.67 Å². The Morgan fingerprint density at radius 3 is 2.00 bits per heavy atom. The van der Waals surface area contributed by atoms with Crippen LogP contribution in [-0.4, -0.2) is 11.2 Å². The summed E-state index contributed by atoms with van der Waals surface area (Å²) in [7, 11) is -2.76. The second-order valence-corrected chi connectivity index (χ2v) is 8.85. The lowest BCUT2D eigenvalue weighted by Crippen LogP contribution is -2.14. The Bertz CT molecular complexity index is 651. The molecule has 0 heterocycles. The Morgan fingerprint density at radius 2 is 1.52 bits per heavy atom. The summed E-state index contributed by atoms with van der Waals surface area (Å²) in [5, 5.41) is 11.7. The van der Waals surface area contributed by atoms with Crippen LogP contribution in [0.25, 0.3) is 0 Å². The molecule has 0 bridgehead atoms. The zero-order chi connectivity index (χ0) is 16.1. The van der Waals surface area contributed by atoms with E-state index in [1.54, 1.807) is 0 Å². The van der Waals surface area contributed by atoms with Crippen LogP contribution >= 0.6 is 7.14 Å². The monoisotopic (exact) mass is 326 g/mol. The molecule has 2 aromatic carbocycles. The summed E-state index contributed by atoms with van der Waals surface area (Å²) in [4.78, 5) is 0. The maximum Gasteiger partial charge on any atom is 0.163 e. The molecule has 1 aliphatic rings. The first kappa shape index (κ1) is 16.2. The molecule has 1 N–H and O–H groups in total. The van der Waals surface area contributed by atoms with Gasteiger partial charge in [-0.25, -0.2) is 0 Å². The number of aliphatic hydroxyl groups excluding tert-OH is 1. The fraction of sp³-hybridized carbons (Fsp3) is 0.300. The van der Waals surface area contributed by atoms with Gasteiger partial charge in [0.25, 0.3) is 0 Å². The fourth-order valence-corrected chi connectivity index (χ4v) is 5.59. The van der Waals surface area contributed by atoms with E-state index in [-0.39, 0.29) is 6.10 Å². The van der Waals surface area contributed by atoms with E-state index in [1.807, 2.05) is 72.6 Å². The zero-order valence-corrected chi connectivity index (χ0v) is 14.1. The van der Waals surface area contributed by atoms with Crippen molar-refractivity contribution in [2.24, 2.45) is 5.92 Å². The predicted octanol–water partition coefficient (Wildman–Crippen LogP) is 4.07. The van der Waals surface area contributed by atoms with Crippen molar-refractivity contribution in [2.45, 2.75) is 31.8 Å². The van der Waals surface area contributed by atoms with Crippen molar-refractivity contribution in [1.29, 1.82) is 0 Å². The van der Waals surface area contributed by atoms with Crippen LogP contribution in [0.3, 0.4) is 0 Å². The summed E-state index contributed by atoms with van der Waals surface area (Å²) in [5.74, 6) is 2.19. The van der Waals surface area contributed by atoms with Gasteiger partial charge in [-0.1, -0.05) is 73.2 Å². The molecule has 0 radical (unpaired) electrons. The number of aliphatic hydroxyl groups is 1. The van der Waals surface area contributed by atoms with Crippen molar-refractivity contribution in [2.75, 3.05) is 0 Å². The molecule has 1 aliphatic carbocycles. The van der Waals surface area contributed by atoms with E-state index in [4.69, 9.17) is 0 Å². The lowest BCUT2D eigenvalue weighted by Gasteiger charge is -2.16. The minimum absolute atomic E-state index is 0.201. The minimum Gasteiger partial charge on any atom is -0.393 e. The fourth-order valence-electron chi connectivity index (χ4n) is 3.30. The summed E-state index contributed by atoms with van der Waals surface area (Å²) in [6.07, 6.45) is 5.66. The standard InChI is InChI=1S/C20H23O2P/c21-20-15-7-9-17(20)10-8-16-23(22,18-11-3-1-4-12-18)19-13-5-2-6-14-19/h1-6,8,11-14,16-17,20-21H,7,9-10,15H2/b16-8+. The van der Waals surface area contributed by atoms with Gasteiger partial charge < -0.3 is 9.67 Å².